The lowest BCUT2D eigenvalue weighted by Gasteiger charge is -2.16. The zero-order valence-corrected chi connectivity index (χ0v) is 11.4. The molecule has 0 radical (unpaired) electrons. The highest BCUT2D eigenvalue weighted by Gasteiger charge is 2.24. The molecule has 0 atom stereocenters. The van der Waals surface area contributed by atoms with Crippen molar-refractivity contribution in [1.29, 1.82) is 0 Å². The quantitative estimate of drug-likeness (QED) is 0.774. The molecule has 2 rings (SSSR count). The Labute approximate surface area is 112 Å². The van der Waals surface area contributed by atoms with Crippen LogP contribution in [0.4, 0.5) is 0 Å². The Balaban J connectivity index is 2.20. The van der Waals surface area contributed by atoms with E-state index in [1.165, 1.54) is 12.8 Å². The molecule has 0 unspecified atom stereocenters. The van der Waals surface area contributed by atoms with Crippen LogP contribution < -0.4 is 15.0 Å². The maximum absolute atomic E-state index is 6.19. The topological polar surface area (TPSA) is 39.7 Å². The van der Waals surface area contributed by atoms with Gasteiger partial charge in [-0.2, -0.15) is 5.48 Å². The second kappa shape index (κ2) is 6.27. The minimum absolute atomic E-state index is 0.479. The molecule has 0 spiro atoms. The average molecular weight is 272 g/mol. The fourth-order valence-electron chi connectivity index (χ4n) is 1.70. The smallest absolute Gasteiger partial charge is 0.167 e. The van der Waals surface area contributed by atoms with E-state index in [9.17, 15) is 0 Å². The monoisotopic (exact) mass is 271 g/mol. The minimum atomic E-state index is 0.479. The molecule has 0 heterocycles. The molecular weight excluding hydrogens is 254 g/mol. The van der Waals surface area contributed by atoms with Crippen LogP contribution in [0.15, 0.2) is 12.1 Å². The lowest BCUT2D eigenvalue weighted by molar-refractivity contribution is 0.0858. The summed E-state index contributed by atoms with van der Waals surface area (Å²) in [6.45, 7) is 1.20. The molecular formula is C13H18ClNO3. The van der Waals surface area contributed by atoms with Crippen molar-refractivity contribution in [3.63, 3.8) is 0 Å². The Morgan fingerprint density at radius 1 is 1.33 bits per heavy atom. The van der Waals surface area contributed by atoms with Crippen molar-refractivity contribution in [2.24, 2.45) is 5.92 Å². The van der Waals surface area contributed by atoms with Gasteiger partial charge in [0.2, 0.25) is 0 Å². The van der Waals surface area contributed by atoms with Gasteiger partial charge in [0, 0.05) is 10.6 Å². The van der Waals surface area contributed by atoms with Crippen molar-refractivity contribution in [1.82, 2.24) is 5.48 Å². The molecule has 4 nitrogen and oxygen atoms in total. The van der Waals surface area contributed by atoms with Crippen LogP contribution in [0.2, 0.25) is 5.02 Å². The summed E-state index contributed by atoms with van der Waals surface area (Å²) in [5.41, 5.74) is 3.64. The number of hydrogen-bond donors (Lipinski definition) is 1. The zero-order valence-electron chi connectivity index (χ0n) is 10.7. The second-order valence-electron chi connectivity index (χ2n) is 4.34. The normalized spacial score (nSPS) is 14.6. The number of hydrogen-bond acceptors (Lipinski definition) is 4. The van der Waals surface area contributed by atoms with Gasteiger partial charge in [-0.3, -0.25) is 0 Å². The molecule has 100 valence electrons. The third-order valence-electron chi connectivity index (χ3n) is 2.94. The Morgan fingerprint density at radius 3 is 2.72 bits per heavy atom. The van der Waals surface area contributed by atoms with E-state index in [1.807, 2.05) is 6.07 Å². The first-order valence-corrected chi connectivity index (χ1v) is 6.38. The first-order valence-electron chi connectivity index (χ1n) is 6.00. The number of benzene rings is 1. The van der Waals surface area contributed by atoms with Gasteiger partial charge in [0.25, 0.3) is 0 Å². The van der Waals surface area contributed by atoms with Gasteiger partial charge in [0.15, 0.2) is 11.5 Å². The van der Waals surface area contributed by atoms with Gasteiger partial charge >= 0.3 is 0 Å². The standard InChI is InChI=1S/C13H18ClNO3/c1-16-12-6-5-11(14)10(7-15-17-2)13(12)18-8-9-3-4-9/h5-6,9,15H,3-4,7-8H2,1-2H3. The van der Waals surface area contributed by atoms with Gasteiger partial charge in [-0.05, 0) is 30.9 Å². The summed E-state index contributed by atoms with van der Waals surface area (Å²) in [5.74, 6) is 2.09. The fraction of sp³-hybridized carbons (Fsp3) is 0.538. The predicted molar refractivity (Wildman–Crippen MR) is 70.1 cm³/mol. The molecule has 5 heteroatoms. The fourth-order valence-corrected chi connectivity index (χ4v) is 1.91. The number of hydroxylamine groups is 1. The van der Waals surface area contributed by atoms with E-state index in [0.717, 1.165) is 12.2 Å². The van der Waals surface area contributed by atoms with Crippen molar-refractivity contribution >= 4 is 11.6 Å². The van der Waals surface area contributed by atoms with Gasteiger partial charge in [-0.1, -0.05) is 11.6 Å². The molecule has 0 aromatic heterocycles. The Hall–Kier alpha value is -0.970. The molecule has 0 saturated heterocycles. The first-order chi connectivity index (χ1) is 8.76. The lowest BCUT2D eigenvalue weighted by atomic mass is 10.2. The van der Waals surface area contributed by atoms with Gasteiger partial charge < -0.3 is 14.3 Å². The molecule has 1 aromatic rings. The Kier molecular flexibility index (Phi) is 4.69. The Morgan fingerprint density at radius 2 is 2.11 bits per heavy atom. The van der Waals surface area contributed by atoms with Crippen LogP contribution in [0.3, 0.4) is 0 Å². The highest BCUT2D eigenvalue weighted by Crippen LogP contribution is 2.38. The van der Waals surface area contributed by atoms with Crippen molar-refractivity contribution in [2.45, 2.75) is 19.4 Å². The average Bonchev–Trinajstić information content (AvgIpc) is 3.19. The molecule has 1 N–H and O–H groups in total. The molecule has 18 heavy (non-hydrogen) atoms. The van der Waals surface area contributed by atoms with Gasteiger partial charge in [0.05, 0.1) is 27.4 Å². The van der Waals surface area contributed by atoms with Crippen LogP contribution in [0, 0.1) is 5.92 Å². The molecule has 0 bridgehead atoms. The van der Waals surface area contributed by atoms with Crippen LogP contribution >= 0.6 is 11.6 Å². The molecule has 1 aliphatic carbocycles. The zero-order chi connectivity index (χ0) is 13.0. The third-order valence-corrected chi connectivity index (χ3v) is 3.29. The van der Waals surface area contributed by atoms with Crippen molar-refractivity contribution < 1.29 is 14.3 Å². The van der Waals surface area contributed by atoms with Crippen LogP contribution in [-0.2, 0) is 11.4 Å². The van der Waals surface area contributed by atoms with E-state index in [0.29, 0.717) is 29.0 Å². The van der Waals surface area contributed by atoms with Crippen LogP contribution in [-0.4, -0.2) is 20.8 Å². The summed E-state index contributed by atoms with van der Waals surface area (Å²) in [6, 6.07) is 3.62. The highest BCUT2D eigenvalue weighted by molar-refractivity contribution is 6.31. The molecule has 0 amide bonds. The lowest BCUT2D eigenvalue weighted by Crippen LogP contribution is -2.13. The number of methoxy groups -OCH3 is 1. The second-order valence-corrected chi connectivity index (χ2v) is 4.74. The first kappa shape index (κ1) is 13.5. The summed E-state index contributed by atoms with van der Waals surface area (Å²) < 4.78 is 11.2. The maximum atomic E-state index is 6.19. The van der Waals surface area contributed by atoms with E-state index >= 15 is 0 Å². The van der Waals surface area contributed by atoms with Crippen molar-refractivity contribution in [3.8, 4) is 11.5 Å². The van der Waals surface area contributed by atoms with Gasteiger partial charge in [-0.25, -0.2) is 0 Å². The summed E-state index contributed by atoms with van der Waals surface area (Å²) in [7, 11) is 3.19. The summed E-state index contributed by atoms with van der Waals surface area (Å²) in [5, 5.41) is 0.645. The number of nitrogens with one attached hydrogen (secondary N) is 1. The number of ether oxygens (including phenoxy) is 2. The maximum Gasteiger partial charge on any atom is 0.167 e. The minimum Gasteiger partial charge on any atom is -0.493 e. The highest BCUT2D eigenvalue weighted by atomic mass is 35.5. The summed E-state index contributed by atoms with van der Waals surface area (Å²) in [4.78, 5) is 4.86. The van der Waals surface area contributed by atoms with E-state index in [2.05, 4.69) is 5.48 Å². The molecule has 1 aliphatic rings. The molecule has 1 saturated carbocycles. The van der Waals surface area contributed by atoms with E-state index in [1.54, 1.807) is 20.3 Å². The van der Waals surface area contributed by atoms with E-state index < -0.39 is 0 Å². The predicted octanol–water partition coefficient (Wildman–Crippen LogP) is 2.79. The SMILES string of the molecule is CONCc1c(Cl)ccc(OC)c1OCC1CC1. The Bertz CT molecular complexity index is 407. The van der Waals surface area contributed by atoms with Crippen molar-refractivity contribution in [3.05, 3.63) is 22.7 Å². The number of halogens is 1. The van der Waals surface area contributed by atoms with Crippen LogP contribution in [0.5, 0.6) is 11.5 Å². The number of rotatable bonds is 7. The molecule has 1 fully saturated rings. The summed E-state index contributed by atoms with van der Waals surface area (Å²) in [6.07, 6.45) is 2.49. The largest absolute Gasteiger partial charge is 0.493 e. The van der Waals surface area contributed by atoms with Gasteiger partial charge in [0.1, 0.15) is 0 Å². The third kappa shape index (κ3) is 3.28. The molecule has 1 aromatic carbocycles. The van der Waals surface area contributed by atoms with E-state index in [4.69, 9.17) is 25.9 Å². The summed E-state index contributed by atoms with van der Waals surface area (Å²) >= 11 is 6.19. The molecule has 0 aliphatic heterocycles. The van der Waals surface area contributed by atoms with Crippen molar-refractivity contribution in [2.75, 3.05) is 20.8 Å². The van der Waals surface area contributed by atoms with Crippen LogP contribution in [0.1, 0.15) is 18.4 Å². The van der Waals surface area contributed by atoms with E-state index in [-0.39, 0.29) is 0 Å². The van der Waals surface area contributed by atoms with Crippen LogP contribution in [0.25, 0.3) is 0 Å². The van der Waals surface area contributed by atoms with Gasteiger partial charge in [-0.15, -0.1) is 0 Å².